The molecule has 3 N–H and O–H groups in total. The first-order valence-corrected chi connectivity index (χ1v) is 13.2. The Morgan fingerprint density at radius 3 is 2.74 bits per heavy atom. The molecule has 184 valence electrons. The molecule has 0 amide bonds. The Morgan fingerprint density at radius 1 is 1.26 bits per heavy atom. The van der Waals surface area contributed by atoms with Crippen LogP contribution in [0.2, 0.25) is 0 Å². The summed E-state index contributed by atoms with van der Waals surface area (Å²) in [5, 5.41) is 9.35. The highest BCUT2D eigenvalue weighted by Gasteiger charge is 2.23. The largest absolute Gasteiger partial charge is 0.490 e. The third-order valence-corrected chi connectivity index (χ3v) is 7.38. The number of hydrogen-bond acceptors (Lipinski definition) is 6. The first kappa shape index (κ1) is 25.4. The highest BCUT2D eigenvalue weighted by atomic mass is 32.1. The van der Waals surface area contributed by atoms with Crippen molar-refractivity contribution in [1.82, 2.24) is 9.88 Å². The fourth-order valence-corrected chi connectivity index (χ4v) is 5.41. The lowest BCUT2D eigenvalue weighted by atomic mass is 10.0. The van der Waals surface area contributed by atoms with Crippen molar-refractivity contribution in [2.45, 2.75) is 52.2 Å². The van der Waals surface area contributed by atoms with Crippen molar-refractivity contribution in [2.24, 2.45) is 5.73 Å². The van der Waals surface area contributed by atoms with Gasteiger partial charge < -0.3 is 20.5 Å². The molecule has 0 radical (unpaired) electrons. The Kier molecular flexibility index (Phi) is 8.59. The van der Waals surface area contributed by atoms with Crippen molar-refractivity contribution >= 4 is 11.3 Å². The fourth-order valence-electron chi connectivity index (χ4n) is 4.45. The molecule has 0 saturated carbocycles. The van der Waals surface area contributed by atoms with Crippen LogP contribution in [-0.2, 0) is 6.42 Å². The molecule has 1 aromatic heterocycles. The molecule has 1 aliphatic carbocycles. The van der Waals surface area contributed by atoms with Gasteiger partial charge in [-0.1, -0.05) is 24.1 Å². The van der Waals surface area contributed by atoms with E-state index in [1.54, 1.807) is 11.3 Å². The molecular formula is C29H35N3O2S. The van der Waals surface area contributed by atoms with Crippen LogP contribution in [0.15, 0.2) is 42.6 Å². The Balaban J connectivity index is 0.000000356. The van der Waals surface area contributed by atoms with E-state index in [2.05, 4.69) is 47.1 Å². The third-order valence-electron chi connectivity index (χ3n) is 6.30. The van der Waals surface area contributed by atoms with E-state index >= 15 is 0 Å². The summed E-state index contributed by atoms with van der Waals surface area (Å²) in [5.74, 6) is 6.96. The van der Waals surface area contributed by atoms with Gasteiger partial charge in [0.05, 0.1) is 23.2 Å². The molecule has 2 aromatic carbocycles. The highest BCUT2D eigenvalue weighted by Crippen LogP contribution is 2.40. The van der Waals surface area contributed by atoms with Gasteiger partial charge >= 0.3 is 0 Å². The summed E-state index contributed by atoms with van der Waals surface area (Å²) in [6.07, 6.45) is 5.47. The summed E-state index contributed by atoms with van der Waals surface area (Å²) in [6, 6.07) is 12.7. The van der Waals surface area contributed by atoms with E-state index in [-0.39, 0.29) is 12.1 Å². The molecule has 2 heterocycles. The van der Waals surface area contributed by atoms with E-state index in [9.17, 15) is 0 Å². The van der Waals surface area contributed by atoms with Gasteiger partial charge in [-0.2, -0.15) is 0 Å². The molecule has 1 saturated heterocycles. The monoisotopic (exact) mass is 489 g/mol. The van der Waals surface area contributed by atoms with Crippen molar-refractivity contribution in [3.05, 3.63) is 59.3 Å². The van der Waals surface area contributed by atoms with Crippen LogP contribution in [0.4, 0.5) is 0 Å². The predicted octanol–water partition coefficient (Wildman–Crippen LogP) is 5.27. The molecule has 5 nitrogen and oxygen atoms in total. The quantitative estimate of drug-likeness (QED) is 0.462. The number of likely N-dealkylation sites (tertiary alicyclic amines) is 1. The van der Waals surface area contributed by atoms with Crippen LogP contribution in [0.25, 0.3) is 21.0 Å². The molecular weight excluding hydrogens is 454 g/mol. The number of ether oxygens (including phenoxy) is 1. The average molecular weight is 490 g/mol. The van der Waals surface area contributed by atoms with Crippen molar-refractivity contribution in [3.8, 4) is 38.6 Å². The number of hydrogen-bond donors (Lipinski definition) is 2. The molecule has 6 heteroatoms. The second-order valence-corrected chi connectivity index (χ2v) is 10.3. The summed E-state index contributed by atoms with van der Waals surface area (Å²) in [6.45, 7) is 9.47. The Labute approximate surface area is 213 Å². The second-order valence-electron chi connectivity index (χ2n) is 9.22. The highest BCUT2D eigenvalue weighted by molar-refractivity contribution is 7.18. The molecule has 3 aromatic rings. The minimum Gasteiger partial charge on any atom is -0.490 e. The number of fused-ring (bicyclic) bond motifs is 1. The van der Waals surface area contributed by atoms with Gasteiger partial charge in [-0.3, -0.25) is 0 Å². The van der Waals surface area contributed by atoms with E-state index in [1.165, 1.54) is 41.1 Å². The lowest BCUT2D eigenvalue weighted by Gasteiger charge is -2.29. The van der Waals surface area contributed by atoms with Gasteiger partial charge in [0.2, 0.25) is 0 Å². The maximum absolute atomic E-state index is 8.36. The molecule has 5 rings (SSSR count). The molecule has 0 spiro atoms. The number of aromatic nitrogens is 1. The lowest BCUT2D eigenvalue weighted by molar-refractivity contribution is 0.139. The van der Waals surface area contributed by atoms with Crippen LogP contribution in [0, 0.1) is 11.8 Å². The molecule has 2 aliphatic rings. The Hall–Kier alpha value is -2.69. The smallest absolute Gasteiger partial charge is 0.135 e. The normalized spacial score (nSPS) is 16.6. The first-order chi connectivity index (χ1) is 17.0. The summed E-state index contributed by atoms with van der Waals surface area (Å²) in [5.41, 5.74) is 12.1. The van der Waals surface area contributed by atoms with Crippen molar-refractivity contribution < 1.29 is 9.84 Å². The van der Waals surface area contributed by atoms with Gasteiger partial charge in [-0.15, -0.1) is 17.3 Å². The van der Waals surface area contributed by atoms with E-state index in [4.69, 9.17) is 20.6 Å². The summed E-state index contributed by atoms with van der Waals surface area (Å²) in [4.78, 5) is 8.12. The topological polar surface area (TPSA) is 71.6 Å². The van der Waals surface area contributed by atoms with Crippen molar-refractivity contribution in [1.29, 1.82) is 0 Å². The molecule has 0 bridgehead atoms. The van der Waals surface area contributed by atoms with Crippen LogP contribution in [0.5, 0.6) is 5.75 Å². The maximum atomic E-state index is 8.36. The zero-order valence-corrected chi connectivity index (χ0v) is 21.7. The number of β-amino-alcohol motifs (C(OH)–C–C–N with tert-alkyl or cyclic N) is 1. The number of rotatable bonds is 6. The molecule has 1 atom stereocenters. The number of thiazole rings is 1. The summed E-state index contributed by atoms with van der Waals surface area (Å²) >= 11 is 1.71. The van der Waals surface area contributed by atoms with Gasteiger partial charge in [-0.25, -0.2) is 4.98 Å². The van der Waals surface area contributed by atoms with Crippen molar-refractivity contribution in [2.75, 3.05) is 26.2 Å². The predicted molar refractivity (Wildman–Crippen MR) is 145 cm³/mol. The van der Waals surface area contributed by atoms with E-state index in [1.807, 2.05) is 33.0 Å². The van der Waals surface area contributed by atoms with Crippen LogP contribution in [0.3, 0.4) is 0 Å². The number of benzene rings is 2. The van der Waals surface area contributed by atoms with Crippen molar-refractivity contribution in [3.63, 3.8) is 0 Å². The zero-order chi connectivity index (χ0) is 24.8. The fraction of sp³-hybridized carbons (Fsp3) is 0.414. The molecule has 1 unspecified atom stereocenters. The Morgan fingerprint density at radius 2 is 2.09 bits per heavy atom. The van der Waals surface area contributed by atoms with Crippen LogP contribution < -0.4 is 10.5 Å². The summed E-state index contributed by atoms with van der Waals surface area (Å²) < 4.78 is 5.89. The van der Waals surface area contributed by atoms with Gasteiger partial charge in [0.25, 0.3) is 0 Å². The number of aliphatic hydroxyl groups is 1. The lowest BCUT2D eigenvalue weighted by Crippen LogP contribution is -2.38. The van der Waals surface area contributed by atoms with Crippen LogP contribution >= 0.6 is 11.3 Å². The molecule has 1 fully saturated rings. The van der Waals surface area contributed by atoms with E-state index in [0.29, 0.717) is 6.61 Å². The number of aliphatic hydroxyl groups excluding tert-OH is 1. The standard InChI is InChI=1S/C24H24N2OS.C5H11NO/c1-4-6-16-13-17(9-12-22(16)27-15(2)3)24-26-14-23(28-24)20-8-5-7-19-18(20)10-11-21(19)25;7-5-4-6-2-1-3-6/h5,7-9,12-15,21H,10-11,25H2,1-3H3;7H,1-5H2. The summed E-state index contributed by atoms with van der Waals surface area (Å²) in [7, 11) is 0. The van der Waals surface area contributed by atoms with E-state index in [0.717, 1.165) is 41.3 Å². The maximum Gasteiger partial charge on any atom is 0.135 e. The first-order valence-electron chi connectivity index (χ1n) is 12.4. The van der Waals surface area contributed by atoms with Gasteiger partial charge in [0.1, 0.15) is 10.8 Å². The number of nitrogens with zero attached hydrogens (tertiary/aromatic N) is 2. The zero-order valence-electron chi connectivity index (χ0n) is 20.9. The van der Waals surface area contributed by atoms with Gasteiger partial charge in [0.15, 0.2) is 0 Å². The second kappa shape index (κ2) is 11.8. The van der Waals surface area contributed by atoms with Crippen LogP contribution in [-0.4, -0.2) is 47.3 Å². The van der Waals surface area contributed by atoms with E-state index < -0.39 is 0 Å². The third kappa shape index (κ3) is 6.12. The van der Waals surface area contributed by atoms with Crippen LogP contribution in [0.1, 0.15) is 56.3 Å². The minimum atomic E-state index is 0.112. The minimum absolute atomic E-state index is 0.112. The molecule has 1 aliphatic heterocycles. The Bertz CT molecular complexity index is 1200. The van der Waals surface area contributed by atoms with Gasteiger partial charge in [0, 0.05) is 24.3 Å². The average Bonchev–Trinajstić information content (AvgIpc) is 3.45. The molecule has 35 heavy (non-hydrogen) atoms. The van der Waals surface area contributed by atoms with Gasteiger partial charge in [-0.05, 0) is 88.0 Å². The SMILES string of the molecule is CC#Cc1cc(-c2ncc(-c3cccc4c3CCC4N)s2)ccc1OC(C)C.OCCN1CCC1. The number of nitrogens with two attached hydrogens (primary N) is 1.